The van der Waals surface area contributed by atoms with E-state index in [1.54, 1.807) is 0 Å². The van der Waals surface area contributed by atoms with Gasteiger partial charge < -0.3 is 4.90 Å². The van der Waals surface area contributed by atoms with Crippen molar-refractivity contribution in [3.8, 4) is 11.1 Å². The van der Waals surface area contributed by atoms with E-state index in [1.165, 1.54) is 38.6 Å². The van der Waals surface area contributed by atoms with Gasteiger partial charge in [-0.1, -0.05) is 61.5 Å². The third kappa shape index (κ3) is 2.44. The van der Waals surface area contributed by atoms with E-state index in [0.717, 1.165) is 19.3 Å². The lowest BCUT2D eigenvalue weighted by Gasteiger charge is -2.50. The van der Waals surface area contributed by atoms with Crippen LogP contribution in [0.25, 0.3) is 21.9 Å². The second-order valence-corrected chi connectivity index (χ2v) is 8.82. The van der Waals surface area contributed by atoms with Gasteiger partial charge in [0.1, 0.15) is 0 Å². The first-order valence-corrected chi connectivity index (χ1v) is 10.4. The molecule has 3 aromatic rings. The van der Waals surface area contributed by atoms with Crippen molar-refractivity contribution in [3.05, 3.63) is 71.3 Å². The Bertz CT molecular complexity index is 1100. The molecule has 2 atom stereocenters. The summed E-state index contributed by atoms with van der Waals surface area (Å²) in [5, 5.41) is 2.66. The van der Waals surface area contributed by atoms with Crippen molar-refractivity contribution >= 4 is 16.7 Å². The molecule has 1 unspecified atom stereocenters. The molecule has 1 aliphatic carbocycles. The summed E-state index contributed by atoms with van der Waals surface area (Å²) in [5.41, 5.74) is 6.92. The second kappa shape index (κ2) is 6.20. The maximum Gasteiger partial charge on any atom is 0.222 e. The fourth-order valence-corrected chi connectivity index (χ4v) is 5.66. The predicted molar refractivity (Wildman–Crippen MR) is 116 cm³/mol. The van der Waals surface area contributed by atoms with Crippen molar-refractivity contribution in [2.75, 3.05) is 7.05 Å². The second-order valence-electron chi connectivity index (χ2n) is 8.82. The first kappa shape index (κ1) is 17.5. The monoisotopic (exact) mass is 369 g/mol. The van der Waals surface area contributed by atoms with Crippen LogP contribution in [0, 0.1) is 6.92 Å². The Labute approximate surface area is 167 Å². The van der Waals surface area contributed by atoms with Crippen LogP contribution in [-0.4, -0.2) is 23.9 Å². The first-order valence-electron chi connectivity index (χ1n) is 10.4. The zero-order valence-corrected chi connectivity index (χ0v) is 17.0. The normalized spacial score (nSPS) is 24.2. The van der Waals surface area contributed by atoms with E-state index in [2.05, 4.69) is 68.4 Å². The van der Waals surface area contributed by atoms with Crippen molar-refractivity contribution in [1.29, 1.82) is 0 Å². The van der Waals surface area contributed by atoms with Gasteiger partial charge in [0.25, 0.3) is 0 Å². The molecule has 0 radical (unpaired) electrons. The van der Waals surface area contributed by atoms with Crippen molar-refractivity contribution in [2.24, 2.45) is 0 Å². The van der Waals surface area contributed by atoms with Crippen molar-refractivity contribution < 1.29 is 4.79 Å². The number of nitrogens with zero attached hydrogens (tertiary/aromatic N) is 1. The van der Waals surface area contributed by atoms with Gasteiger partial charge in [0.15, 0.2) is 0 Å². The lowest BCUT2D eigenvalue weighted by Crippen LogP contribution is -2.56. The van der Waals surface area contributed by atoms with Gasteiger partial charge in [0.05, 0.1) is 0 Å². The van der Waals surface area contributed by atoms with Crippen LogP contribution in [0.3, 0.4) is 0 Å². The topological polar surface area (TPSA) is 20.3 Å². The summed E-state index contributed by atoms with van der Waals surface area (Å²) in [4.78, 5) is 14.2. The van der Waals surface area contributed by atoms with E-state index >= 15 is 0 Å². The number of rotatable bonds is 1. The molecular formula is C26H27NO. The largest absolute Gasteiger partial charge is 0.342 e. The third-order valence-electron chi connectivity index (χ3n) is 7.32. The van der Waals surface area contributed by atoms with Crippen LogP contribution in [0.5, 0.6) is 0 Å². The van der Waals surface area contributed by atoms with Crippen LogP contribution < -0.4 is 0 Å². The minimum absolute atomic E-state index is 0.0735. The van der Waals surface area contributed by atoms with Gasteiger partial charge in [-0.3, -0.25) is 4.79 Å². The number of hydrogen-bond acceptors (Lipinski definition) is 1. The highest BCUT2D eigenvalue weighted by atomic mass is 16.2. The minimum Gasteiger partial charge on any atom is -0.342 e. The highest BCUT2D eigenvalue weighted by Gasteiger charge is 2.46. The Morgan fingerprint density at radius 2 is 1.79 bits per heavy atom. The number of benzene rings is 3. The van der Waals surface area contributed by atoms with Crippen molar-refractivity contribution in [1.82, 2.24) is 4.90 Å². The fourth-order valence-electron chi connectivity index (χ4n) is 5.66. The van der Waals surface area contributed by atoms with E-state index in [9.17, 15) is 4.79 Å². The highest BCUT2D eigenvalue weighted by molar-refractivity contribution is 5.98. The maximum atomic E-state index is 12.2. The SMILES string of the molecule is Cc1ccc(-c2ccc3c(c2)CCC2N(C)C(=O)CC[C@]32C)c2ccccc12. The highest BCUT2D eigenvalue weighted by Crippen LogP contribution is 2.46. The molecule has 2 nitrogen and oxygen atoms in total. The van der Waals surface area contributed by atoms with E-state index in [4.69, 9.17) is 0 Å². The molecule has 0 spiro atoms. The van der Waals surface area contributed by atoms with Gasteiger partial charge in [0, 0.05) is 24.9 Å². The number of likely N-dealkylation sites (tertiary alicyclic amines) is 1. The molecule has 142 valence electrons. The lowest BCUT2D eigenvalue weighted by atomic mass is 9.63. The first-order chi connectivity index (χ1) is 13.5. The predicted octanol–water partition coefficient (Wildman–Crippen LogP) is 5.64. The minimum atomic E-state index is 0.0735. The van der Waals surface area contributed by atoms with Crippen LogP contribution in [0.1, 0.15) is 42.9 Å². The van der Waals surface area contributed by atoms with Gasteiger partial charge in [0.2, 0.25) is 5.91 Å². The lowest BCUT2D eigenvalue weighted by molar-refractivity contribution is -0.138. The number of carbonyl (C=O) groups is 1. The summed E-state index contributed by atoms with van der Waals surface area (Å²) >= 11 is 0. The number of carbonyl (C=O) groups excluding carboxylic acids is 1. The molecular weight excluding hydrogens is 342 g/mol. The quantitative estimate of drug-likeness (QED) is 0.543. The zero-order valence-electron chi connectivity index (χ0n) is 17.0. The fraction of sp³-hybridized carbons (Fsp3) is 0.346. The van der Waals surface area contributed by atoms with Gasteiger partial charge >= 0.3 is 0 Å². The molecule has 0 N–H and O–H groups in total. The number of aryl methyl sites for hydroxylation is 2. The molecule has 1 saturated heterocycles. The summed E-state index contributed by atoms with van der Waals surface area (Å²) in [6, 6.07) is 20.6. The Morgan fingerprint density at radius 1 is 1.00 bits per heavy atom. The number of likely N-dealkylation sites (N-methyl/N-ethyl adjacent to an activating group) is 1. The molecule has 1 heterocycles. The summed E-state index contributed by atoms with van der Waals surface area (Å²) in [7, 11) is 1.99. The van der Waals surface area contributed by atoms with Crippen molar-refractivity contribution in [3.63, 3.8) is 0 Å². The van der Waals surface area contributed by atoms with Gasteiger partial charge in [-0.2, -0.15) is 0 Å². The number of piperidine rings is 1. The van der Waals surface area contributed by atoms with E-state index < -0.39 is 0 Å². The molecule has 0 aromatic heterocycles. The number of hydrogen-bond donors (Lipinski definition) is 0. The summed E-state index contributed by atoms with van der Waals surface area (Å²) in [6.07, 6.45) is 3.72. The van der Waals surface area contributed by atoms with Gasteiger partial charge in [-0.25, -0.2) is 0 Å². The Balaban J connectivity index is 1.62. The molecule has 0 saturated carbocycles. The molecule has 28 heavy (non-hydrogen) atoms. The molecule has 1 aliphatic heterocycles. The molecule has 1 amide bonds. The summed E-state index contributed by atoms with van der Waals surface area (Å²) < 4.78 is 0. The zero-order chi connectivity index (χ0) is 19.5. The summed E-state index contributed by atoms with van der Waals surface area (Å²) in [6.45, 7) is 4.54. The maximum absolute atomic E-state index is 12.2. The van der Waals surface area contributed by atoms with Crippen LogP contribution in [0.2, 0.25) is 0 Å². The number of fused-ring (bicyclic) bond motifs is 4. The van der Waals surface area contributed by atoms with Crippen LogP contribution in [0.4, 0.5) is 0 Å². The smallest absolute Gasteiger partial charge is 0.222 e. The molecule has 2 heteroatoms. The molecule has 5 rings (SSSR count). The molecule has 1 fully saturated rings. The van der Waals surface area contributed by atoms with E-state index in [1.807, 2.05) is 11.9 Å². The van der Waals surface area contributed by atoms with E-state index in [-0.39, 0.29) is 5.41 Å². The van der Waals surface area contributed by atoms with E-state index in [0.29, 0.717) is 18.4 Å². The van der Waals surface area contributed by atoms with Crippen LogP contribution >= 0.6 is 0 Å². The molecule has 3 aromatic carbocycles. The van der Waals surface area contributed by atoms with Crippen LogP contribution in [0.15, 0.2) is 54.6 Å². The number of amides is 1. The van der Waals surface area contributed by atoms with Gasteiger partial charge in [-0.15, -0.1) is 0 Å². The average molecular weight is 370 g/mol. The Morgan fingerprint density at radius 3 is 2.61 bits per heavy atom. The Kier molecular flexibility index (Phi) is 3.87. The third-order valence-corrected chi connectivity index (χ3v) is 7.32. The standard InChI is InChI=1S/C26H27NO/c1-17-8-11-21(22-7-5-4-6-20(17)22)18-9-12-23-19(16-18)10-13-24-26(23,2)15-14-25(28)27(24)3/h4-9,11-12,16,24H,10,13-15H2,1-3H3/t24?,26-/m1/s1. The van der Waals surface area contributed by atoms with Crippen LogP contribution in [-0.2, 0) is 16.6 Å². The summed E-state index contributed by atoms with van der Waals surface area (Å²) in [5.74, 6) is 0.300. The van der Waals surface area contributed by atoms with Gasteiger partial charge in [-0.05, 0) is 64.8 Å². The molecule has 2 aliphatic rings. The molecule has 0 bridgehead atoms. The Hall–Kier alpha value is -2.61. The van der Waals surface area contributed by atoms with Crippen molar-refractivity contribution in [2.45, 2.75) is 51.0 Å². The average Bonchev–Trinajstić information content (AvgIpc) is 2.71.